The van der Waals surface area contributed by atoms with Crippen molar-refractivity contribution in [1.29, 1.82) is 0 Å². The predicted molar refractivity (Wildman–Crippen MR) is 77.2 cm³/mol. The van der Waals surface area contributed by atoms with E-state index in [0.29, 0.717) is 0 Å². The molecule has 1 aliphatic rings. The van der Waals surface area contributed by atoms with Crippen LogP contribution in [0.4, 0.5) is 4.79 Å². The molecule has 1 saturated carbocycles. The first-order chi connectivity index (χ1) is 9.19. The van der Waals surface area contributed by atoms with Gasteiger partial charge in [0.2, 0.25) is 5.91 Å². The van der Waals surface area contributed by atoms with Crippen LogP contribution < -0.4 is 16.4 Å². The molecule has 3 atom stereocenters. The van der Waals surface area contributed by atoms with Gasteiger partial charge in [0.05, 0.1) is 12.1 Å². The highest BCUT2D eigenvalue weighted by molar-refractivity contribution is 5.81. The molecule has 0 unspecified atom stereocenters. The first-order valence-electron chi connectivity index (χ1n) is 7.24. The SMILES string of the molecule is C[C@H](N)C(=O)N[C@@H]1CCCC[C@@H]1NC(=O)OC(C)(C)C. The maximum Gasteiger partial charge on any atom is 0.407 e. The van der Waals surface area contributed by atoms with Crippen molar-refractivity contribution in [3.05, 3.63) is 0 Å². The molecule has 0 aromatic rings. The van der Waals surface area contributed by atoms with E-state index in [2.05, 4.69) is 10.6 Å². The van der Waals surface area contributed by atoms with Crippen LogP contribution in [0, 0.1) is 0 Å². The second kappa shape index (κ2) is 6.92. The average molecular weight is 285 g/mol. The molecule has 20 heavy (non-hydrogen) atoms. The van der Waals surface area contributed by atoms with Gasteiger partial charge in [0, 0.05) is 6.04 Å². The van der Waals surface area contributed by atoms with Crippen LogP contribution in [0.2, 0.25) is 0 Å². The number of hydrogen-bond acceptors (Lipinski definition) is 4. The minimum absolute atomic E-state index is 0.0743. The van der Waals surface area contributed by atoms with Crippen LogP contribution in [0.15, 0.2) is 0 Å². The van der Waals surface area contributed by atoms with Crippen LogP contribution in [0.25, 0.3) is 0 Å². The zero-order chi connectivity index (χ0) is 15.3. The molecule has 6 heteroatoms. The number of ether oxygens (including phenoxy) is 1. The predicted octanol–water partition coefficient (Wildman–Crippen LogP) is 1.29. The summed E-state index contributed by atoms with van der Waals surface area (Å²) in [5, 5.41) is 5.76. The molecule has 0 heterocycles. The maximum atomic E-state index is 11.8. The van der Waals surface area contributed by atoms with Crippen molar-refractivity contribution >= 4 is 12.0 Å². The molecule has 1 aliphatic carbocycles. The van der Waals surface area contributed by atoms with Crippen LogP contribution in [-0.2, 0) is 9.53 Å². The fourth-order valence-electron chi connectivity index (χ4n) is 2.25. The number of carbonyl (C=O) groups excluding carboxylic acids is 2. The van der Waals surface area contributed by atoms with Crippen molar-refractivity contribution in [2.45, 2.75) is 77.1 Å². The van der Waals surface area contributed by atoms with Crippen molar-refractivity contribution in [2.24, 2.45) is 5.73 Å². The molecule has 0 saturated heterocycles. The van der Waals surface area contributed by atoms with Gasteiger partial charge in [0.15, 0.2) is 0 Å². The Morgan fingerprint density at radius 3 is 2.10 bits per heavy atom. The fourth-order valence-corrected chi connectivity index (χ4v) is 2.25. The summed E-state index contributed by atoms with van der Waals surface area (Å²) >= 11 is 0. The topological polar surface area (TPSA) is 93.5 Å². The third kappa shape index (κ3) is 5.77. The highest BCUT2D eigenvalue weighted by Crippen LogP contribution is 2.19. The highest BCUT2D eigenvalue weighted by Gasteiger charge is 2.29. The van der Waals surface area contributed by atoms with Crippen molar-refractivity contribution in [3.8, 4) is 0 Å². The van der Waals surface area contributed by atoms with E-state index in [9.17, 15) is 9.59 Å². The van der Waals surface area contributed by atoms with Gasteiger partial charge in [0.25, 0.3) is 0 Å². The van der Waals surface area contributed by atoms with Crippen LogP contribution in [0.5, 0.6) is 0 Å². The number of nitrogens with two attached hydrogens (primary N) is 1. The van der Waals surface area contributed by atoms with E-state index >= 15 is 0 Å². The van der Waals surface area contributed by atoms with E-state index in [1.165, 1.54) is 0 Å². The van der Waals surface area contributed by atoms with Crippen molar-refractivity contribution in [2.75, 3.05) is 0 Å². The lowest BCUT2D eigenvalue weighted by molar-refractivity contribution is -0.123. The summed E-state index contributed by atoms with van der Waals surface area (Å²) in [6, 6.07) is -0.713. The first kappa shape index (κ1) is 16.8. The quantitative estimate of drug-likeness (QED) is 0.728. The van der Waals surface area contributed by atoms with E-state index in [1.54, 1.807) is 6.92 Å². The number of alkyl carbamates (subject to hydrolysis) is 1. The second-order valence-electron chi connectivity index (χ2n) is 6.44. The molecule has 116 valence electrons. The Morgan fingerprint density at radius 1 is 1.15 bits per heavy atom. The Labute approximate surface area is 120 Å². The summed E-state index contributed by atoms with van der Waals surface area (Å²) in [6.45, 7) is 7.11. The van der Waals surface area contributed by atoms with E-state index in [-0.39, 0.29) is 18.0 Å². The molecular formula is C14H27N3O3. The Morgan fingerprint density at radius 2 is 1.65 bits per heavy atom. The zero-order valence-electron chi connectivity index (χ0n) is 12.9. The molecule has 6 nitrogen and oxygen atoms in total. The lowest BCUT2D eigenvalue weighted by Crippen LogP contribution is -2.56. The van der Waals surface area contributed by atoms with Gasteiger partial charge in [0.1, 0.15) is 5.60 Å². The van der Waals surface area contributed by atoms with Crippen LogP contribution in [0.1, 0.15) is 53.4 Å². The Kier molecular flexibility index (Phi) is 5.80. The van der Waals surface area contributed by atoms with Gasteiger partial charge in [-0.2, -0.15) is 0 Å². The van der Waals surface area contributed by atoms with Crippen molar-refractivity contribution in [1.82, 2.24) is 10.6 Å². The minimum Gasteiger partial charge on any atom is -0.444 e. The summed E-state index contributed by atoms with van der Waals surface area (Å²) < 4.78 is 5.25. The van der Waals surface area contributed by atoms with Gasteiger partial charge >= 0.3 is 6.09 Å². The molecule has 0 aliphatic heterocycles. The van der Waals surface area contributed by atoms with E-state index in [1.807, 2.05) is 20.8 Å². The first-order valence-corrected chi connectivity index (χ1v) is 7.24. The second-order valence-corrected chi connectivity index (χ2v) is 6.44. The molecule has 4 N–H and O–H groups in total. The fraction of sp³-hybridized carbons (Fsp3) is 0.857. The third-order valence-corrected chi connectivity index (χ3v) is 3.21. The number of rotatable bonds is 3. The molecule has 0 spiro atoms. The average Bonchev–Trinajstić information content (AvgIpc) is 2.28. The summed E-state index contributed by atoms with van der Waals surface area (Å²) in [4.78, 5) is 23.5. The summed E-state index contributed by atoms with van der Waals surface area (Å²) in [5.41, 5.74) is 5.03. The molecule has 2 amide bonds. The van der Waals surface area contributed by atoms with Crippen LogP contribution in [-0.4, -0.2) is 35.7 Å². The third-order valence-electron chi connectivity index (χ3n) is 3.21. The normalized spacial score (nSPS) is 24.6. The van der Waals surface area contributed by atoms with Gasteiger partial charge < -0.3 is 21.1 Å². The summed E-state index contributed by atoms with van der Waals surface area (Å²) in [7, 11) is 0. The van der Waals surface area contributed by atoms with Gasteiger partial charge in [-0.3, -0.25) is 4.79 Å². The highest BCUT2D eigenvalue weighted by atomic mass is 16.6. The molecule has 0 aromatic heterocycles. The number of amides is 2. The lowest BCUT2D eigenvalue weighted by Gasteiger charge is -2.33. The van der Waals surface area contributed by atoms with Gasteiger partial charge in [-0.15, -0.1) is 0 Å². The Bertz CT molecular complexity index is 350. The summed E-state index contributed by atoms with van der Waals surface area (Å²) in [6.07, 6.45) is 3.31. The lowest BCUT2D eigenvalue weighted by atomic mass is 9.90. The molecule has 0 bridgehead atoms. The molecule has 1 rings (SSSR count). The van der Waals surface area contributed by atoms with Gasteiger partial charge in [-0.25, -0.2) is 4.79 Å². The molecule has 0 radical (unpaired) electrons. The van der Waals surface area contributed by atoms with Gasteiger partial charge in [-0.05, 0) is 40.5 Å². The Balaban J connectivity index is 2.56. The zero-order valence-corrected chi connectivity index (χ0v) is 12.9. The van der Waals surface area contributed by atoms with E-state index < -0.39 is 17.7 Å². The number of nitrogens with one attached hydrogen (secondary N) is 2. The van der Waals surface area contributed by atoms with Crippen LogP contribution in [0.3, 0.4) is 0 Å². The molecule has 0 aromatic carbocycles. The Hall–Kier alpha value is -1.30. The minimum atomic E-state index is -0.542. The maximum absolute atomic E-state index is 11.8. The van der Waals surface area contributed by atoms with Crippen LogP contribution >= 0.6 is 0 Å². The monoisotopic (exact) mass is 285 g/mol. The molecule has 1 fully saturated rings. The smallest absolute Gasteiger partial charge is 0.407 e. The van der Waals surface area contributed by atoms with Gasteiger partial charge in [-0.1, -0.05) is 12.8 Å². The van der Waals surface area contributed by atoms with Crippen molar-refractivity contribution < 1.29 is 14.3 Å². The molecular weight excluding hydrogens is 258 g/mol. The largest absolute Gasteiger partial charge is 0.444 e. The number of hydrogen-bond donors (Lipinski definition) is 3. The van der Waals surface area contributed by atoms with E-state index in [4.69, 9.17) is 10.5 Å². The summed E-state index contributed by atoms with van der Waals surface area (Å²) in [5.74, 6) is -0.187. The standard InChI is InChI=1S/C14H27N3O3/c1-9(15)12(18)16-10-7-5-6-8-11(10)17-13(19)20-14(2,3)4/h9-11H,5-8,15H2,1-4H3,(H,16,18)(H,17,19)/t9-,10+,11-/m0/s1. The van der Waals surface area contributed by atoms with E-state index in [0.717, 1.165) is 25.7 Å². The number of carbonyl (C=O) groups is 2. The van der Waals surface area contributed by atoms with Crippen molar-refractivity contribution in [3.63, 3.8) is 0 Å².